The summed E-state index contributed by atoms with van der Waals surface area (Å²) in [6, 6.07) is 3.99. The van der Waals surface area contributed by atoms with Gasteiger partial charge in [-0.15, -0.1) is 0 Å². The smallest absolute Gasteiger partial charge is 0.225 e. The van der Waals surface area contributed by atoms with Gasteiger partial charge < -0.3 is 14.3 Å². The first-order valence-electron chi connectivity index (χ1n) is 11.7. The van der Waals surface area contributed by atoms with E-state index < -0.39 is 0 Å². The largest absolute Gasteiger partial charge is 0.356 e. The molecule has 0 N–H and O–H groups in total. The van der Waals surface area contributed by atoms with E-state index in [0.29, 0.717) is 5.92 Å². The monoisotopic (exact) mass is 433 g/mol. The third-order valence-electron chi connectivity index (χ3n) is 6.47. The van der Waals surface area contributed by atoms with E-state index in [1.165, 1.54) is 19.3 Å². The Morgan fingerprint density at radius 1 is 0.781 bits per heavy atom. The minimum absolute atomic E-state index is 0.337. The average Bonchev–Trinajstić information content (AvgIpc) is 3.25. The van der Waals surface area contributed by atoms with Gasteiger partial charge in [0.05, 0.1) is 17.0 Å². The molecule has 5 heterocycles. The molecule has 168 valence electrons. The Morgan fingerprint density at radius 3 is 2.12 bits per heavy atom. The van der Waals surface area contributed by atoms with Gasteiger partial charge in [0, 0.05) is 55.7 Å². The highest BCUT2D eigenvalue weighted by Crippen LogP contribution is 2.36. The summed E-state index contributed by atoms with van der Waals surface area (Å²) in [6.45, 7) is 9.87. The quantitative estimate of drug-likeness (QED) is 0.605. The van der Waals surface area contributed by atoms with E-state index in [9.17, 15) is 0 Å². The molecule has 0 bridgehead atoms. The van der Waals surface area contributed by atoms with E-state index in [1.807, 2.05) is 39.1 Å². The highest BCUT2D eigenvalue weighted by Gasteiger charge is 2.28. The van der Waals surface area contributed by atoms with E-state index >= 15 is 0 Å². The first-order chi connectivity index (χ1) is 15.6. The van der Waals surface area contributed by atoms with Crippen molar-refractivity contribution in [1.29, 1.82) is 0 Å². The number of anilines is 2. The van der Waals surface area contributed by atoms with Crippen molar-refractivity contribution in [3.8, 4) is 11.3 Å². The SMILES string of the molecule is Cc1cc(-c2cnc(N3CCCCC3)nc2C2CCN(c3nc(C)cc(C)n3)CC2)on1. The van der Waals surface area contributed by atoms with Gasteiger partial charge in [-0.3, -0.25) is 0 Å². The first-order valence-corrected chi connectivity index (χ1v) is 11.7. The van der Waals surface area contributed by atoms with Crippen molar-refractivity contribution in [3.63, 3.8) is 0 Å². The molecule has 8 nitrogen and oxygen atoms in total. The minimum Gasteiger partial charge on any atom is -0.356 e. The van der Waals surface area contributed by atoms with Crippen molar-refractivity contribution >= 4 is 11.9 Å². The molecule has 2 saturated heterocycles. The molecule has 3 aromatic rings. The molecule has 0 unspecified atom stereocenters. The molecule has 0 spiro atoms. The molecule has 5 rings (SSSR count). The van der Waals surface area contributed by atoms with Crippen molar-refractivity contribution in [2.45, 2.75) is 58.8 Å². The summed E-state index contributed by atoms with van der Waals surface area (Å²) >= 11 is 0. The molecular weight excluding hydrogens is 402 g/mol. The summed E-state index contributed by atoms with van der Waals surface area (Å²) in [5, 5.41) is 4.09. The summed E-state index contributed by atoms with van der Waals surface area (Å²) in [4.78, 5) is 23.8. The maximum Gasteiger partial charge on any atom is 0.225 e. The average molecular weight is 434 g/mol. The van der Waals surface area contributed by atoms with Gasteiger partial charge >= 0.3 is 0 Å². The molecule has 2 aliphatic heterocycles. The molecule has 0 aromatic carbocycles. The molecule has 2 aliphatic rings. The Hall–Kier alpha value is -3.03. The molecule has 2 fully saturated rings. The molecule has 3 aromatic heterocycles. The van der Waals surface area contributed by atoms with Gasteiger partial charge in [-0.2, -0.15) is 0 Å². The topological polar surface area (TPSA) is 84.1 Å². The maximum absolute atomic E-state index is 5.61. The number of aryl methyl sites for hydroxylation is 3. The van der Waals surface area contributed by atoms with Crippen molar-refractivity contribution in [1.82, 2.24) is 25.1 Å². The Labute approximate surface area is 189 Å². The number of rotatable bonds is 4. The lowest BCUT2D eigenvalue weighted by molar-refractivity contribution is 0.424. The van der Waals surface area contributed by atoms with Gasteiger partial charge in [-0.25, -0.2) is 19.9 Å². The van der Waals surface area contributed by atoms with Crippen LogP contribution in [-0.2, 0) is 0 Å². The predicted octanol–water partition coefficient (Wildman–Crippen LogP) is 4.22. The maximum atomic E-state index is 5.61. The highest BCUT2D eigenvalue weighted by molar-refractivity contribution is 5.61. The van der Waals surface area contributed by atoms with Crippen LogP contribution in [0.1, 0.15) is 60.8 Å². The standard InChI is InChI=1S/C24H31N7O/c1-16-13-17(2)27-24(26-16)31-11-7-19(8-12-31)22-20(21-14-18(3)29-32-21)15-25-23(28-22)30-9-5-4-6-10-30/h13-15,19H,4-12H2,1-3H3. The lowest BCUT2D eigenvalue weighted by Crippen LogP contribution is -2.35. The third-order valence-corrected chi connectivity index (χ3v) is 6.47. The second-order valence-corrected chi connectivity index (χ2v) is 9.06. The second kappa shape index (κ2) is 8.84. The zero-order valence-corrected chi connectivity index (χ0v) is 19.2. The van der Waals surface area contributed by atoms with Crippen LogP contribution in [0.25, 0.3) is 11.3 Å². The number of hydrogen-bond acceptors (Lipinski definition) is 8. The van der Waals surface area contributed by atoms with Gasteiger partial charge in [0.2, 0.25) is 11.9 Å². The fourth-order valence-electron chi connectivity index (χ4n) is 4.82. The van der Waals surface area contributed by atoms with Crippen molar-refractivity contribution < 1.29 is 4.52 Å². The van der Waals surface area contributed by atoms with Gasteiger partial charge in [-0.05, 0) is 58.9 Å². The van der Waals surface area contributed by atoms with Gasteiger partial charge in [0.1, 0.15) is 0 Å². The van der Waals surface area contributed by atoms with Crippen LogP contribution in [0.4, 0.5) is 11.9 Å². The summed E-state index contributed by atoms with van der Waals surface area (Å²) in [6.07, 6.45) is 7.62. The number of aromatic nitrogens is 5. The fourth-order valence-corrected chi connectivity index (χ4v) is 4.82. The molecule has 8 heteroatoms. The van der Waals surface area contributed by atoms with E-state index in [0.717, 1.165) is 85.0 Å². The van der Waals surface area contributed by atoms with Crippen LogP contribution in [0.5, 0.6) is 0 Å². The summed E-state index contributed by atoms with van der Waals surface area (Å²) < 4.78 is 5.61. The van der Waals surface area contributed by atoms with Gasteiger partial charge in [0.25, 0.3) is 0 Å². The van der Waals surface area contributed by atoms with E-state index in [-0.39, 0.29) is 0 Å². The minimum atomic E-state index is 0.337. The number of piperidine rings is 2. The van der Waals surface area contributed by atoms with E-state index in [2.05, 4.69) is 24.9 Å². The Morgan fingerprint density at radius 2 is 1.47 bits per heavy atom. The third kappa shape index (κ3) is 4.31. The summed E-state index contributed by atoms with van der Waals surface area (Å²) in [7, 11) is 0. The zero-order valence-electron chi connectivity index (χ0n) is 19.2. The molecular formula is C24H31N7O. The second-order valence-electron chi connectivity index (χ2n) is 9.06. The Kier molecular flexibility index (Phi) is 5.76. The predicted molar refractivity (Wildman–Crippen MR) is 124 cm³/mol. The van der Waals surface area contributed by atoms with Crippen LogP contribution < -0.4 is 9.80 Å². The lowest BCUT2D eigenvalue weighted by atomic mass is 9.90. The van der Waals surface area contributed by atoms with Crippen molar-refractivity contribution in [2.75, 3.05) is 36.0 Å². The molecule has 0 aliphatic carbocycles. The fraction of sp³-hybridized carbons (Fsp3) is 0.542. The molecule has 32 heavy (non-hydrogen) atoms. The normalized spacial score (nSPS) is 17.7. The van der Waals surface area contributed by atoms with Crippen LogP contribution in [0.2, 0.25) is 0 Å². The molecule has 0 radical (unpaired) electrons. The van der Waals surface area contributed by atoms with Crippen LogP contribution in [-0.4, -0.2) is 51.3 Å². The highest BCUT2D eigenvalue weighted by atomic mass is 16.5. The number of hydrogen-bond donors (Lipinski definition) is 0. The van der Waals surface area contributed by atoms with Crippen LogP contribution in [0.3, 0.4) is 0 Å². The Balaban J connectivity index is 1.42. The van der Waals surface area contributed by atoms with Gasteiger partial charge in [-0.1, -0.05) is 5.16 Å². The summed E-state index contributed by atoms with van der Waals surface area (Å²) in [5.41, 5.74) is 4.94. The molecule has 0 atom stereocenters. The first kappa shape index (κ1) is 20.8. The molecule has 0 amide bonds. The lowest BCUT2D eigenvalue weighted by Gasteiger charge is -2.33. The Bertz CT molecular complexity index is 1060. The van der Waals surface area contributed by atoms with E-state index in [1.54, 1.807) is 0 Å². The van der Waals surface area contributed by atoms with Gasteiger partial charge in [0.15, 0.2) is 5.76 Å². The van der Waals surface area contributed by atoms with E-state index in [4.69, 9.17) is 14.5 Å². The van der Waals surface area contributed by atoms with Crippen LogP contribution >= 0.6 is 0 Å². The zero-order chi connectivity index (χ0) is 22.1. The number of nitrogens with zero attached hydrogens (tertiary/aromatic N) is 7. The summed E-state index contributed by atoms with van der Waals surface area (Å²) in [5.74, 6) is 2.77. The van der Waals surface area contributed by atoms with Crippen molar-refractivity contribution in [2.24, 2.45) is 0 Å². The van der Waals surface area contributed by atoms with Crippen LogP contribution in [0, 0.1) is 20.8 Å². The molecule has 0 saturated carbocycles. The van der Waals surface area contributed by atoms with Crippen molar-refractivity contribution in [3.05, 3.63) is 41.1 Å². The van der Waals surface area contributed by atoms with Crippen LogP contribution in [0.15, 0.2) is 22.9 Å².